The van der Waals surface area contributed by atoms with Crippen LogP contribution in [0.2, 0.25) is 0 Å². The van der Waals surface area contributed by atoms with Gasteiger partial charge in [0.05, 0.1) is 6.42 Å². The van der Waals surface area contributed by atoms with Crippen molar-refractivity contribution in [3.05, 3.63) is 27.2 Å². The molecule has 2 heterocycles. The number of anilines is 1. The minimum Gasteiger partial charge on any atom is -0.374 e. The highest BCUT2D eigenvalue weighted by Gasteiger charge is 2.58. The Morgan fingerprint density at radius 2 is 2.09 bits per heavy atom. The third kappa shape index (κ3) is 3.45. The Morgan fingerprint density at radius 3 is 2.55 bits per heavy atom. The van der Waals surface area contributed by atoms with Crippen LogP contribution in [0.4, 0.5) is 18.3 Å². The van der Waals surface area contributed by atoms with Crippen LogP contribution in [0.3, 0.4) is 0 Å². The van der Waals surface area contributed by atoms with E-state index >= 15 is 0 Å². The highest BCUT2D eigenvalue weighted by atomic mass is 32.1. The Balaban J connectivity index is 2.22. The van der Waals surface area contributed by atoms with Crippen LogP contribution in [-0.2, 0) is 10.4 Å². The van der Waals surface area contributed by atoms with Crippen molar-refractivity contribution in [2.45, 2.75) is 32.0 Å². The van der Waals surface area contributed by atoms with Crippen LogP contribution in [-0.4, -0.2) is 27.2 Å². The van der Waals surface area contributed by atoms with E-state index in [1.165, 1.54) is 18.5 Å². The maximum atomic E-state index is 13.2. The first-order valence-corrected chi connectivity index (χ1v) is 7.75. The predicted octanol–water partition coefficient (Wildman–Crippen LogP) is 3.00. The molecular weight excluding hydrogens is 339 g/mol. The molecule has 0 aromatic carbocycles. The molecule has 2 aromatic heterocycles. The van der Waals surface area contributed by atoms with Gasteiger partial charge in [-0.25, -0.2) is 9.97 Å². The fourth-order valence-corrected chi connectivity index (χ4v) is 3.24. The Labute approximate surface area is 131 Å². The van der Waals surface area contributed by atoms with E-state index in [1.54, 1.807) is 6.92 Å². The highest BCUT2D eigenvalue weighted by molar-refractivity contribution is 7.15. The molecular formula is C12H12F3N3O2S2. The molecule has 10 heteroatoms. The lowest BCUT2D eigenvalue weighted by Crippen LogP contribution is -2.45. The Kier molecular flexibility index (Phi) is 4.54. The number of nitrogens with zero attached hydrogens (tertiary/aromatic N) is 2. The molecule has 2 rings (SSSR count). The summed E-state index contributed by atoms with van der Waals surface area (Å²) in [5.74, 6) is -0.984. The first kappa shape index (κ1) is 16.8. The normalized spacial score (nSPS) is 14.6. The van der Waals surface area contributed by atoms with Crippen molar-refractivity contribution < 1.29 is 23.1 Å². The van der Waals surface area contributed by atoms with Gasteiger partial charge in [0.15, 0.2) is 5.13 Å². The maximum Gasteiger partial charge on any atom is 0.424 e. The molecule has 0 bridgehead atoms. The fraction of sp³-hybridized carbons (Fsp3) is 0.417. The average Bonchev–Trinajstić information content (AvgIpc) is 2.97. The van der Waals surface area contributed by atoms with Crippen molar-refractivity contribution in [1.29, 1.82) is 0 Å². The van der Waals surface area contributed by atoms with Gasteiger partial charge in [-0.1, -0.05) is 0 Å². The van der Waals surface area contributed by atoms with E-state index in [-0.39, 0.29) is 5.13 Å². The Hall–Kier alpha value is -1.52. The summed E-state index contributed by atoms with van der Waals surface area (Å²) < 4.78 is 39.7. The zero-order chi connectivity index (χ0) is 16.5. The predicted molar refractivity (Wildman–Crippen MR) is 76.9 cm³/mol. The molecule has 2 aromatic rings. The van der Waals surface area contributed by atoms with Gasteiger partial charge in [0.1, 0.15) is 5.01 Å². The van der Waals surface area contributed by atoms with Crippen LogP contribution in [0, 0.1) is 13.8 Å². The number of hydrogen-bond donors (Lipinski definition) is 2. The second kappa shape index (κ2) is 5.94. The summed E-state index contributed by atoms with van der Waals surface area (Å²) in [6.45, 7) is 3.26. The molecule has 0 saturated carbocycles. The van der Waals surface area contributed by atoms with Gasteiger partial charge in [-0.3, -0.25) is 4.79 Å². The number of halogens is 3. The smallest absolute Gasteiger partial charge is 0.374 e. The maximum absolute atomic E-state index is 13.2. The summed E-state index contributed by atoms with van der Waals surface area (Å²) in [6, 6.07) is 0. The number of carbonyl (C=O) groups is 1. The SMILES string of the molecule is Cc1csc(C(O)(CC(=O)Nc2ncc(C)s2)C(F)(F)F)n1. The molecule has 0 spiro atoms. The minimum absolute atomic E-state index is 0.183. The van der Waals surface area contributed by atoms with Crippen LogP contribution in [0.1, 0.15) is 22.0 Å². The largest absolute Gasteiger partial charge is 0.424 e. The second-order valence-corrected chi connectivity index (χ2v) is 6.75. The standard InChI is InChI=1S/C12H12F3N3O2S2/c1-6-5-21-9(17-6)11(20,12(13,14)15)3-8(19)18-10-16-4-7(2)22-10/h4-5,20H,3H2,1-2H3,(H,16,18,19). The van der Waals surface area contributed by atoms with Crippen molar-refractivity contribution >= 4 is 33.7 Å². The van der Waals surface area contributed by atoms with Crippen molar-refractivity contribution in [2.24, 2.45) is 0 Å². The average molecular weight is 351 g/mol. The van der Waals surface area contributed by atoms with Gasteiger partial charge in [-0.2, -0.15) is 13.2 Å². The zero-order valence-electron chi connectivity index (χ0n) is 11.6. The first-order valence-electron chi connectivity index (χ1n) is 6.06. The van der Waals surface area contributed by atoms with E-state index in [4.69, 9.17) is 0 Å². The number of aromatic nitrogens is 2. The molecule has 2 N–H and O–H groups in total. The zero-order valence-corrected chi connectivity index (χ0v) is 13.2. The highest BCUT2D eigenvalue weighted by Crippen LogP contribution is 2.43. The number of carbonyl (C=O) groups excluding carboxylic acids is 1. The molecule has 22 heavy (non-hydrogen) atoms. The Bertz CT molecular complexity index is 683. The van der Waals surface area contributed by atoms with Gasteiger partial charge in [0.2, 0.25) is 11.5 Å². The van der Waals surface area contributed by atoms with Gasteiger partial charge in [0, 0.05) is 22.1 Å². The number of aryl methyl sites for hydroxylation is 2. The van der Waals surface area contributed by atoms with Crippen LogP contribution >= 0.6 is 22.7 Å². The van der Waals surface area contributed by atoms with Crippen molar-refractivity contribution in [2.75, 3.05) is 5.32 Å². The van der Waals surface area contributed by atoms with Gasteiger partial charge in [-0.05, 0) is 13.8 Å². The number of rotatable bonds is 4. The van der Waals surface area contributed by atoms with E-state index in [9.17, 15) is 23.1 Å². The van der Waals surface area contributed by atoms with E-state index < -0.39 is 29.1 Å². The summed E-state index contributed by atoms with van der Waals surface area (Å²) in [5.41, 5.74) is -2.97. The number of thiazole rings is 2. The number of alkyl halides is 3. The summed E-state index contributed by atoms with van der Waals surface area (Å²) in [7, 11) is 0. The third-order valence-corrected chi connectivity index (χ3v) is 4.67. The lowest BCUT2D eigenvalue weighted by atomic mass is 9.99. The van der Waals surface area contributed by atoms with E-state index in [1.807, 2.05) is 0 Å². The van der Waals surface area contributed by atoms with E-state index in [2.05, 4.69) is 15.3 Å². The summed E-state index contributed by atoms with van der Waals surface area (Å²) in [4.78, 5) is 20.1. The monoisotopic (exact) mass is 351 g/mol. The topological polar surface area (TPSA) is 75.1 Å². The van der Waals surface area contributed by atoms with Gasteiger partial charge < -0.3 is 10.4 Å². The first-order chi connectivity index (χ1) is 10.1. The minimum atomic E-state index is -5.02. The molecule has 1 atom stereocenters. The molecule has 0 aliphatic rings. The van der Waals surface area contributed by atoms with Gasteiger partial charge >= 0.3 is 6.18 Å². The molecule has 120 valence electrons. The third-order valence-electron chi connectivity index (χ3n) is 2.73. The fourth-order valence-electron chi connectivity index (χ4n) is 1.65. The van der Waals surface area contributed by atoms with Gasteiger partial charge in [-0.15, -0.1) is 22.7 Å². The number of hydrogen-bond acceptors (Lipinski definition) is 6. The molecule has 0 saturated heterocycles. The second-order valence-electron chi connectivity index (χ2n) is 4.65. The van der Waals surface area contributed by atoms with E-state index in [0.717, 1.165) is 16.2 Å². The van der Waals surface area contributed by atoms with Crippen LogP contribution in [0.25, 0.3) is 0 Å². The summed E-state index contributed by atoms with van der Waals surface area (Å²) >= 11 is 1.79. The molecule has 0 aliphatic heterocycles. The van der Waals surface area contributed by atoms with Crippen molar-refractivity contribution in [3.63, 3.8) is 0 Å². The molecule has 0 fully saturated rings. The molecule has 5 nitrogen and oxygen atoms in total. The number of amides is 1. The number of nitrogens with one attached hydrogen (secondary N) is 1. The van der Waals surface area contributed by atoms with Crippen LogP contribution in [0.15, 0.2) is 11.6 Å². The summed E-state index contributed by atoms with van der Waals surface area (Å²) in [5, 5.41) is 13.3. The molecule has 1 unspecified atom stereocenters. The van der Waals surface area contributed by atoms with E-state index in [0.29, 0.717) is 17.0 Å². The molecule has 0 radical (unpaired) electrons. The van der Waals surface area contributed by atoms with Gasteiger partial charge in [0.25, 0.3) is 0 Å². The quantitative estimate of drug-likeness (QED) is 0.888. The molecule has 1 amide bonds. The summed E-state index contributed by atoms with van der Waals surface area (Å²) in [6.07, 6.45) is -4.71. The molecule has 0 aliphatic carbocycles. The lowest BCUT2D eigenvalue weighted by molar-refractivity contribution is -0.266. The Morgan fingerprint density at radius 1 is 1.41 bits per heavy atom. The number of aliphatic hydroxyl groups is 1. The van der Waals surface area contributed by atoms with Crippen LogP contribution in [0.5, 0.6) is 0 Å². The van der Waals surface area contributed by atoms with Crippen molar-refractivity contribution in [3.8, 4) is 0 Å². The van der Waals surface area contributed by atoms with Crippen molar-refractivity contribution in [1.82, 2.24) is 9.97 Å². The lowest BCUT2D eigenvalue weighted by Gasteiger charge is -2.27. The van der Waals surface area contributed by atoms with Crippen LogP contribution < -0.4 is 5.32 Å².